The lowest BCUT2D eigenvalue weighted by Crippen LogP contribution is -2.35. The number of hydrogen-bond acceptors (Lipinski definition) is 3. The van der Waals surface area contributed by atoms with E-state index in [9.17, 15) is 4.79 Å². The molecule has 0 spiro atoms. The van der Waals surface area contributed by atoms with E-state index in [0.29, 0.717) is 6.42 Å². The van der Waals surface area contributed by atoms with Crippen LogP contribution in [0.1, 0.15) is 52.1 Å². The van der Waals surface area contributed by atoms with E-state index >= 15 is 0 Å². The fourth-order valence-electron chi connectivity index (χ4n) is 3.24. The molecule has 2 atom stereocenters. The van der Waals surface area contributed by atoms with Crippen LogP contribution in [0.3, 0.4) is 0 Å². The van der Waals surface area contributed by atoms with E-state index in [1.54, 1.807) is 0 Å². The van der Waals surface area contributed by atoms with Crippen LogP contribution in [0.4, 0.5) is 0 Å². The van der Waals surface area contributed by atoms with Gasteiger partial charge in [0.2, 0.25) is 0 Å². The molecule has 0 amide bonds. The number of carbonyl (C=O) groups is 1. The zero-order valence-corrected chi connectivity index (χ0v) is 12.8. The molecule has 1 saturated heterocycles. The van der Waals surface area contributed by atoms with Gasteiger partial charge < -0.3 is 10.5 Å². The minimum Gasteiger partial charge on any atom is -0.369 e. The van der Waals surface area contributed by atoms with Gasteiger partial charge in [-0.15, -0.1) is 0 Å². The second-order valence-corrected chi connectivity index (χ2v) is 6.91. The molecule has 1 aliphatic heterocycles. The van der Waals surface area contributed by atoms with Gasteiger partial charge in [0, 0.05) is 18.4 Å². The van der Waals surface area contributed by atoms with E-state index in [2.05, 4.69) is 0 Å². The van der Waals surface area contributed by atoms with Crippen molar-refractivity contribution in [1.29, 1.82) is 0 Å². The number of Topliss-reactive ketones (excluding diaryl/α,β-unsaturated/α-hetero) is 1. The summed E-state index contributed by atoms with van der Waals surface area (Å²) in [5.74, 6) is 0.129. The number of benzene rings is 1. The van der Waals surface area contributed by atoms with E-state index in [4.69, 9.17) is 10.5 Å². The van der Waals surface area contributed by atoms with Gasteiger partial charge in [0.25, 0.3) is 0 Å². The van der Waals surface area contributed by atoms with Gasteiger partial charge in [0.1, 0.15) is 5.78 Å². The van der Waals surface area contributed by atoms with Crippen LogP contribution in [0, 0.1) is 5.92 Å². The van der Waals surface area contributed by atoms with E-state index in [1.807, 2.05) is 58.0 Å². The molecule has 2 unspecified atom stereocenters. The molecule has 1 heterocycles. The fraction of sp³-hybridized carbons (Fsp3) is 0.588. The molecule has 1 aromatic carbocycles. The fourth-order valence-corrected chi connectivity index (χ4v) is 3.24. The molecule has 0 aromatic heterocycles. The zero-order chi connectivity index (χ0) is 15.0. The molecule has 1 fully saturated rings. The quantitative estimate of drug-likeness (QED) is 0.917. The number of nitrogens with two attached hydrogens (primary N) is 1. The first-order valence-corrected chi connectivity index (χ1v) is 7.25. The Morgan fingerprint density at radius 1 is 1.30 bits per heavy atom. The third kappa shape index (κ3) is 3.28. The van der Waals surface area contributed by atoms with Gasteiger partial charge in [-0.2, -0.15) is 0 Å². The van der Waals surface area contributed by atoms with E-state index < -0.39 is 5.60 Å². The van der Waals surface area contributed by atoms with Crippen LogP contribution in [-0.2, 0) is 9.53 Å². The van der Waals surface area contributed by atoms with Crippen molar-refractivity contribution < 1.29 is 9.53 Å². The van der Waals surface area contributed by atoms with E-state index in [1.165, 1.54) is 0 Å². The number of ether oxygens (including phenoxy) is 1. The van der Waals surface area contributed by atoms with Crippen molar-refractivity contribution >= 4 is 5.78 Å². The maximum Gasteiger partial charge on any atom is 0.140 e. The number of rotatable bonds is 4. The highest BCUT2D eigenvalue weighted by atomic mass is 16.5. The second-order valence-electron chi connectivity index (χ2n) is 6.91. The van der Waals surface area contributed by atoms with Crippen molar-refractivity contribution in [2.24, 2.45) is 11.7 Å². The standard InChI is InChI=1S/C17H25NO2/c1-16(2)11-13(17(3,4)20-16)15(19)10-14(18)12-8-6-5-7-9-12/h5-9,13-14H,10-11,18H2,1-4H3. The Bertz CT molecular complexity index is 479. The number of hydrogen-bond donors (Lipinski definition) is 1. The third-order valence-corrected chi connectivity index (χ3v) is 4.11. The van der Waals surface area contributed by atoms with Crippen LogP contribution in [-0.4, -0.2) is 17.0 Å². The van der Waals surface area contributed by atoms with Crippen molar-refractivity contribution in [1.82, 2.24) is 0 Å². The Morgan fingerprint density at radius 3 is 2.40 bits per heavy atom. The maximum atomic E-state index is 12.6. The Kier molecular flexibility index (Phi) is 4.03. The highest BCUT2D eigenvalue weighted by molar-refractivity contribution is 5.83. The van der Waals surface area contributed by atoms with Gasteiger partial charge in [0.15, 0.2) is 0 Å². The molecule has 2 rings (SSSR count). The van der Waals surface area contributed by atoms with Crippen LogP contribution in [0.25, 0.3) is 0 Å². The lowest BCUT2D eigenvalue weighted by molar-refractivity contribution is -0.129. The first-order chi connectivity index (χ1) is 9.21. The van der Waals surface area contributed by atoms with Crippen molar-refractivity contribution in [3.63, 3.8) is 0 Å². The summed E-state index contributed by atoms with van der Waals surface area (Å²) in [7, 11) is 0. The predicted octanol–water partition coefficient (Wildman–Crippen LogP) is 3.24. The van der Waals surface area contributed by atoms with Gasteiger partial charge >= 0.3 is 0 Å². The minimum atomic E-state index is -0.406. The van der Waals surface area contributed by atoms with Gasteiger partial charge in [-0.25, -0.2) is 0 Å². The first-order valence-electron chi connectivity index (χ1n) is 7.25. The van der Waals surface area contributed by atoms with Crippen molar-refractivity contribution in [3.05, 3.63) is 35.9 Å². The molecule has 0 radical (unpaired) electrons. The molecule has 0 bridgehead atoms. The zero-order valence-electron chi connectivity index (χ0n) is 12.8. The third-order valence-electron chi connectivity index (χ3n) is 4.11. The highest BCUT2D eigenvalue weighted by Gasteiger charge is 2.48. The molecule has 3 heteroatoms. The van der Waals surface area contributed by atoms with Crippen LogP contribution in [0.2, 0.25) is 0 Å². The summed E-state index contributed by atoms with van der Waals surface area (Å²) in [6.45, 7) is 8.08. The lowest BCUT2D eigenvalue weighted by Gasteiger charge is -2.27. The van der Waals surface area contributed by atoms with E-state index in [-0.39, 0.29) is 23.3 Å². The maximum absolute atomic E-state index is 12.6. The monoisotopic (exact) mass is 275 g/mol. The van der Waals surface area contributed by atoms with Gasteiger partial charge in [0.05, 0.1) is 11.2 Å². The summed E-state index contributed by atoms with van der Waals surface area (Å²) in [6, 6.07) is 9.56. The van der Waals surface area contributed by atoms with Crippen LogP contribution in [0.5, 0.6) is 0 Å². The van der Waals surface area contributed by atoms with Gasteiger partial charge in [-0.1, -0.05) is 30.3 Å². The molecule has 2 N–H and O–H groups in total. The average molecular weight is 275 g/mol. The molecule has 1 aliphatic rings. The smallest absolute Gasteiger partial charge is 0.140 e. The van der Waals surface area contributed by atoms with Crippen LogP contribution < -0.4 is 5.73 Å². The Hall–Kier alpha value is -1.19. The first kappa shape index (κ1) is 15.2. The van der Waals surface area contributed by atoms with Gasteiger partial charge in [-0.3, -0.25) is 4.79 Å². The largest absolute Gasteiger partial charge is 0.369 e. The summed E-state index contributed by atoms with van der Waals surface area (Å²) in [5.41, 5.74) is 6.53. The second kappa shape index (κ2) is 5.30. The number of carbonyl (C=O) groups excluding carboxylic acids is 1. The lowest BCUT2D eigenvalue weighted by atomic mass is 9.81. The van der Waals surface area contributed by atoms with Crippen LogP contribution >= 0.6 is 0 Å². The summed E-state index contributed by atoms with van der Waals surface area (Å²) in [4.78, 5) is 12.6. The molecule has 1 aromatic rings. The topological polar surface area (TPSA) is 52.3 Å². The molecule has 0 saturated carbocycles. The Labute approximate surface area is 121 Å². The SMILES string of the molecule is CC1(C)CC(C(=O)CC(N)c2ccccc2)C(C)(C)O1. The van der Waals surface area contributed by atoms with Crippen molar-refractivity contribution in [2.45, 2.75) is 57.8 Å². The summed E-state index contributed by atoms with van der Waals surface area (Å²) in [5, 5.41) is 0. The van der Waals surface area contributed by atoms with Crippen molar-refractivity contribution in [3.8, 4) is 0 Å². The van der Waals surface area contributed by atoms with Crippen molar-refractivity contribution in [2.75, 3.05) is 0 Å². The molecule has 0 aliphatic carbocycles. The highest BCUT2D eigenvalue weighted by Crippen LogP contribution is 2.43. The Balaban J connectivity index is 2.06. The van der Waals surface area contributed by atoms with Crippen LogP contribution in [0.15, 0.2) is 30.3 Å². The minimum absolute atomic E-state index is 0.0766. The molecule has 3 nitrogen and oxygen atoms in total. The summed E-state index contributed by atoms with van der Waals surface area (Å²) < 4.78 is 6.00. The summed E-state index contributed by atoms with van der Waals surface area (Å²) >= 11 is 0. The Morgan fingerprint density at radius 2 is 1.90 bits per heavy atom. The van der Waals surface area contributed by atoms with E-state index in [0.717, 1.165) is 12.0 Å². The molecular formula is C17H25NO2. The average Bonchev–Trinajstić information content (AvgIpc) is 2.58. The molecule has 20 heavy (non-hydrogen) atoms. The predicted molar refractivity (Wildman–Crippen MR) is 80.3 cm³/mol. The van der Waals surface area contributed by atoms with Gasteiger partial charge in [-0.05, 0) is 39.7 Å². The molecule has 110 valence electrons. The molecular weight excluding hydrogens is 250 g/mol. The number of ketones is 1. The normalized spacial score (nSPS) is 25.4. The summed E-state index contributed by atoms with van der Waals surface area (Å²) in [6.07, 6.45) is 1.14.